The van der Waals surface area contributed by atoms with E-state index in [4.69, 9.17) is 11.6 Å². The second-order valence-electron chi connectivity index (χ2n) is 12.0. The van der Waals surface area contributed by atoms with Crippen LogP contribution in [0.3, 0.4) is 0 Å². The van der Waals surface area contributed by atoms with Gasteiger partial charge in [-0.1, -0.05) is 36.7 Å². The van der Waals surface area contributed by atoms with Crippen molar-refractivity contribution in [2.75, 3.05) is 30.7 Å². The van der Waals surface area contributed by atoms with Crippen molar-refractivity contribution >= 4 is 45.0 Å². The van der Waals surface area contributed by atoms with Crippen LogP contribution in [0.4, 0.5) is 5.69 Å². The second kappa shape index (κ2) is 16.2. The maximum absolute atomic E-state index is 13.8. The normalized spacial score (nSPS) is 14.8. The summed E-state index contributed by atoms with van der Waals surface area (Å²) in [7, 11) is -2.36. The molecular formula is C34H43ClN6O5S. The molecule has 1 heterocycles. The molecule has 13 heteroatoms. The van der Waals surface area contributed by atoms with E-state index < -0.39 is 40.0 Å². The first kappa shape index (κ1) is 35.8. The fourth-order valence-corrected chi connectivity index (χ4v) is 5.68. The summed E-state index contributed by atoms with van der Waals surface area (Å²) < 4.78 is 25.9. The van der Waals surface area contributed by atoms with Gasteiger partial charge in [0.15, 0.2) is 0 Å². The number of nitrogens with zero attached hydrogens (tertiary/aromatic N) is 2. The summed E-state index contributed by atoms with van der Waals surface area (Å²) in [5.74, 6) is -0.539. The highest BCUT2D eigenvalue weighted by Gasteiger charge is 2.26. The van der Waals surface area contributed by atoms with Gasteiger partial charge in [-0.05, 0) is 80.1 Å². The van der Waals surface area contributed by atoms with Crippen LogP contribution in [-0.2, 0) is 21.2 Å². The summed E-state index contributed by atoms with van der Waals surface area (Å²) in [6, 6.07) is 15.5. The third kappa shape index (κ3) is 10.8. The number of sulfonamides is 1. The number of amides is 3. The predicted octanol–water partition coefficient (Wildman–Crippen LogP) is 3.86. The van der Waals surface area contributed by atoms with Crippen LogP contribution in [0.5, 0.6) is 0 Å². The molecule has 1 saturated carbocycles. The van der Waals surface area contributed by atoms with E-state index in [1.807, 2.05) is 25.1 Å². The molecule has 3 amide bonds. The number of pyridine rings is 1. The number of rotatable bonds is 16. The molecule has 3 atom stereocenters. The zero-order valence-electron chi connectivity index (χ0n) is 27.1. The first-order valence-electron chi connectivity index (χ1n) is 15.7. The molecule has 1 aliphatic carbocycles. The molecule has 47 heavy (non-hydrogen) atoms. The van der Waals surface area contributed by atoms with Gasteiger partial charge in [0.05, 0.1) is 24.0 Å². The Labute approximate surface area is 281 Å². The SMILES string of the molecule is CC[C@H](NC[C@H](Cc1ccccn1)NC(=O)c1cc(C(=O)N[C@H](C)c2cccc(Cl)c2)cc(N(C)S(C)(=O)=O)c1)C(=O)NCC1CC1. The fourth-order valence-electron chi connectivity index (χ4n) is 5.00. The van der Waals surface area contributed by atoms with E-state index in [1.165, 1.54) is 25.2 Å². The second-order valence-corrected chi connectivity index (χ2v) is 14.5. The van der Waals surface area contributed by atoms with Gasteiger partial charge in [-0.2, -0.15) is 0 Å². The van der Waals surface area contributed by atoms with Crippen molar-refractivity contribution in [3.8, 4) is 0 Å². The number of hydrogen-bond donors (Lipinski definition) is 4. The first-order chi connectivity index (χ1) is 22.3. The minimum absolute atomic E-state index is 0.0820. The summed E-state index contributed by atoms with van der Waals surface area (Å²) >= 11 is 6.13. The monoisotopic (exact) mass is 682 g/mol. The average Bonchev–Trinajstić information content (AvgIpc) is 3.88. The lowest BCUT2D eigenvalue weighted by Crippen LogP contribution is -2.50. The van der Waals surface area contributed by atoms with Gasteiger partial charge in [-0.3, -0.25) is 23.7 Å². The Hall–Kier alpha value is -4.00. The Morgan fingerprint density at radius 3 is 2.30 bits per heavy atom. The van der Waals surface area contributed by atoms with Crippen molar-refractivity contribution in [3.05, 3.63) is 94.3 Å². The Kier molecular flexibility index (Phi) is 12.4. The molecule has 11 nitrogen and oxygen atoms in total. The van der Waals surface area contributed by atoms with Crippen LogP contribution in [0.15, 0.2) is 66.9 Å². The Bertz CT molecular complexity index is 1670. The van der Waals surface area contributed by atoms with Crippen LogP contribution in [0.25, 0.3) is 0 Å². The summed E-state index contributed by atoms with van der Waals surface area (Å²) in [4.78, 5) is 44.5. The lowest BCUT2D eigenvalue weighted by Gasteiger charge is -2.24. The molecule has 1 aromatic heterocycles. The van der Waals surface area contributed by atoms with E-state index in [2.05, 4.69) is 26.3 Å². The number of hydrogen-bond acceptors (Lipinski definition) is 7. The third-order valence-electron chi connectivity index (χ3n) is 8.11. The smallest absolute Gasteiger partial charge is 0.251 e. The Morgan fingerprint density at radius 2 is 1.70 bits per heavy atom. The van der Waals surface area contributed by atoms with Crippen LogP contribution in [0.2, 0.25) is 5.02 Å². The predicted molar refractivity (Wildman–Crippen MR) is 184 cm³/mol. The van der Waals surface area contributed by atoms with Crippen molar-refractivity contribution in [1.29, 1.82) is 0 Å². The number of halogens is 1. The quantitative estimate of drug-likeness (QED) is 0.179. The molecule has 252 valence electrons. The largest absolute Gasteiger partial charge is 0.354 e. The van der Waals surface area contributed by atoms with Crippen LogP contribution in [-0.4, -0.2) is 69.6 Å². The highest BCUT2D eigenvalue weighted by Crippen LogP contribution is 2.27. The molecule has 0 radical (unpaired) electrons. The van der Waals surface area contributed by atoms with E-state index >= 15 is 0 Å². The Balaban J connectivity index is 1.57. The summed E-state index contributed by atoms with van der Waals surface area (Å²) in [6.07, 6.45) is 5.91. The van der Waals surface area contributed by atoms with E-state index in [0.29, 0.717) is 30.3 Å². The van der Waals surface area contributed by atoms with Gasteiger partial charge in [0.1, 0.15) is 0 Å². The van der Waals surface area contributed by atoms with Crippen LogP contribution >= 0.6 is 11.6 Å². The molecule has 0 aliphatic heterocycles. The number of benzene rings is 2. The summed E-state index contributed by atoms with van der Waals surface area (Å²) in [5.41, 5.74) is 1.88. The van der Waals surface area contributed by atoms with Gasteiger partial charge >= 0.3 is 0 Å². The summed E-state index contributed by atoms with van der Waals surface area (Å²) in [5, 5.41) is 12.7. The number of anilines is 1. The van der Waals surface area contributed by atoms with E-state index in [-0.39, 0.29) is 29.3 Å². The van der Waals surface area contributed by atoms with Crippen molar-refractivity contribution < 1.29 is 22.8 Å². The van der Waals surface area contributed by atoms with E-state index in [1.54, 1.807) is 37.4 Å². The number of aromatic nitrogens is 1. The van der Waals surface area contributed by atoms with Gasteiger partial charge in [0.2, 0.25) is 15.9 Å². The van der Waals surface area contributed by atoms with Crippen molar-refractivity contribution in [2.45, 2.75) is 57.7 Å². The third-order valence-corrected chi connectivity index (χ3v) is 9.55. The topological polar surface area (TPSA) is 150 Å². The highest BCUT2D eigenvalue weighted by atomic mass is 35.5. The lowest BCUT2D eigenvalue weighted by atomic mass is 10.0. The van der Waals surface area contributed by atoms with Gasteiger partial charge < -0.3 is 21.3 Å². The minimum atomic E-state index is -3.71. The number of carbonyl (C=O) groups is 3. The summed E-state index contributed by atoms with van der Waals surface area (Å²) in [6.45, 7) is 4.65. The molecule has 4 rings (SSSR count). The molecule has 1 aliphatic rings. The van der Waals surface area contributed by atoms with Gasteiger partial charge in [-0.15, -0.1) is 0 Å². The van der Waals surface area contributed by atoms with E-state index in [9.17, 15) is 22.8 Å². The molecule has 4 N–H and O–H groups in total. The van der Waals surface area contributed by atoms with Crippen molar-refractivity contribution in [2.24, 2.45) is 5.92 Å². The molecule has 1 fully saturated rings. The molecule has 2 aromatic carbocycles. The molecule has 0 bridgehead atoms. The average molecular weight is 683 g/mol. The van der Waals surface area contributed by atoms with Crippen molar-refractivity contribution in [1.82, 2.24) is 26.3 Å². The standard InChI is InChI=1S/C34H43ClN6O5S/c1-5-31(34(44)38-20-23-12-13-23)37-21-29(19-28-11-6-7-14-36-28)40-33(43)26-15-25(17-30(18-26)41(3)47(4,45)46)32(42)39-22(2)24-9-8-10-27(35)16-24/h6-11,14-18,22-23,29,31,37H,5,12-13,19-21H2,1-4H3,(H,38,44)(H,39,42)(H,40,43)/t22-,29+,31+/m1/s1. The molecular weight excluding hydrogens is 640 g/mol. The Morgan fingerprint density at radius 1 is 1.00 bits per heavy atom. The number of carbonyl (C=O) groups excluding carboxylic acids is 3. The zero-order chi connectivity index (χ0) is 34.1. The number of nitrogens with one attached hydrogen (secondary N) is 4. The van der Waals surface area contributed by atoms with Crippen LogP contribution in [0, 0.1) is 5.92 Å². The van der Waals surface area contributed by atoms with Crippen LogP contribution in [0.1, 0.15) is 71.1 Å². The maximum atomic E-state index is 13.8. The van der Waals surface area contributed by atoms with E-state index in [0.717, 1.165) is 34.7 Å². The molecule has 0 saturated heterocycles. The maximum Gasteiger partial charge on any atom is 0.251 e. The highest BCUT2D eigenvalue weighted by molar-refractivity contribution is 7.92. The van der Waals surface area contributed by atoms with Gasteiger partial charge in [-0.25, -0.2) is 8.42 Å². The zero-order valence-corrected chi connectivity index (χ0v) is 28.7. The lowest BCUT2D eigenvalue weighted by molar-refractivity contribution is -0.123. The minimum Gasteiger partial charge on any atom is -0.354 e. The molecule has 0 unspecified atom stereocenters. The van der Waals surface area contributed by atoms with Crippen molar-refractivity contribution in [3.63, 3.8) is 0 Å². The van der Waals surface area contributed by atoms with Gasteiger partial charge in [0, 0.05) is 60.6 Å². The fraction of sp³-hybridized carbons (Fsp3) is 0.412. The van der Waals surface area contributed by atoms with Gasteiger partial charge in [0.25, 0.3) is 11.8 Å². The first-order valence-corrected chi connectivity index (χ1v) is 17.9. The molecule has 0 spiro atoms. The molecule has 3 aromatic rings. The van der Waals surface area contributed by atoms with Crippen LogP contribution < -0.4 is 25.6 Å².